The third-order valence-corrected chi connectivity index (χ3v) is 4.50. The number of hydrogen-bond acceptors (Lipinski definition) is 2. The Hall–Kier alpha value is -3.20. The molecule has 0 aliphatic rings. The van der Waals surface area contributed by atoms with Gasteiger partial charge in [0.2, 0.25) is 0 Å². The Labute approximate surface area is 153 Å². The fourth-order valence-electron chi connectivity index (χ4n) is 3.07. The molecule has 26 heavy (non-hydrogen) atoms. The quantitative estimate of drug-likeness (QED) is 0.476. The second kappa shape index (κ2) is 7.36. The van der Waals surface area contributed by atoms with Crippen LogP contribution in [0.4, 0.5) is 0 Å². The standard InChI is InChI=1S/C23H21NO2/c1-25-22-11-12-23-20(15-22)13-14-24(23)16-18-7-9-21(10-8-18)26-17-19-5-3-2-4-6-19/h2-15H,16-17H2,1H3. The van der Waals surface area contributed by atoms with E-state index in [4.69, 9.17) is 9.47 Å². The number of aromatic nitrogens is 1. The summed E-state index contributed by atoms with van der Waals surface area (Å²) >= 11 is 0. The molecule has 0 atom stereocenters. The first-order valence-corrected chi connectivity index (χ1v) is 8.70. The van der Waals surface area contributed by atoms with Crippen LogP contribution in [-0.4, -0.2) is 11.7 Å². The first kappa shape index (κ1) is 16.3. The molecule has 0 radical (unpaired) electrons. The summed E-state index contributed by atoms with van der Waals surface area (Å²) in [5, 5.41) is 1.19. The minimum Gasteiger partial charge on any atom is -0.497 e. The number of methoxy groups -OCH3 is 1. The zero-order valence-electron chi connectivity index (χ0n) is 14.8. The molecule has 0 aliphatic carbocycles. The Bertz CT molecular complexity index is 988. The summed E-state index contributed by atoms with van der Waals surface area (Å²) in [4.78, 5) is 0. The van der Waals surface area contributed by atoms with Crippen LogP contribution in [0.5, 0.6) is 11.5 Å². The van der Waals surface area contributed by atoms with Gasteiger partial charge in [-0.2, -0.15) is 0 Å². The van der Waals surface area contributed by atoms with Gasteiger partial charge in [0.15, 0.2) is 0 Å². The van der Waals surface area contributed by atoms with Crippen molar-refractivity contribution in [2.45, 2.75) is 13.2 Å². The number of fused-ring (bicyclic) bond motifs is 1. The Morgan fingerprint density at radius 1 is 0.769 bits per heavy atom. The van der Waals surface area contributed by atoms with E-state index in [1.165, 1.54) is 22.0 Å². The van der Waals surface area contributed by atoms with Crippen molar-refractivity contribution in [3.05, 3.63) is 96.2 Å². The minimum absolute atomic E-state index is 0.588. The lowest BCUT2D eigenvalue weighted by molar-refractivity contribution is 0.306. The van der Waals surface area contributed by atoms with E-state index in [1.54, 1.807) is 7.11 Å². The molecule has 4 aromatic rings. The van der Waals surface area contributed by atoms with E-state index < -0.39 is 0 Å². The third-order valence-electron chi connectivity index (χ3n) is 4.50. The summed E-state index contributed by atoms with van der Waals surface area (Å²) in [5.41, 5.74) is 3.62. The van der Waals surface area contributed by atoms with E-state index in [0.29, 0.717) is 6.61 Å². The number of nitrogens with zero attached hydrogens (tertiary/aromatic N) is 1. The number of rotatable bonds is 6. The maximum absolute atomic E-state index is 5.86. The molecule has 0 amide bonds. The molecule has 3 nitrogen and oxygen atoms in total. The van der Waals surface area contributed by atoms with Crippen molar-refractivity contribution in [3.63, 3.8) is 0 Å². The second-order valence-corrected chi connectivity index (χ2v) is 6.29. The molecule has 1 heterocycles. The number of ether oxygens (including phenoxy) is 2. The largest absolute Gasteiger partial charge is 0.497 e. The molecule has 0 bridgehead atoms. The van der Waals surface area contributed by atoms with Gasteiger partial charge in [-0.3, -0.25) is 0 Å². The summed E-state index contributed by atoms with van der Waals surface area (Å²) in [6.07, 6.45) is 2.12. The van der Waals surface area contributed by atoms with E-state index in [2.05, 4.69) is 53.2 Å². The van der Waals surface area contributed by atoms with E-state index in [0.717, 1.165) is 18.0 Å². The van der Waals surface area contributed by atoms with Gasteiger partial charge in [0.25, 0.3) is 0 Å². The molecule has 4 rings (SSSR count). The number of hydrogen-bond donors (Lipinski definition) is 0. The average Bonchev–Trinajstić information content (AvgIpc) is 3.10. The van der Waals surface area contributed by atoms with Crippen molar-refractivity contribution in [1.82, 2.24) is 4.57 Å². The Balaban J connectivity index is 1.44. The third kappa shape index (κ3) is 3.57. The van der Waals surface area contributed by atoms with E-state index >= 15 is 0 Å². The van der Waals surface area contributed by atoms with Crippen LogP contribution in [0.15, 0.2) is 85.1 Å². The molecule has 0 N–H and O–H groups in total. The predicted molar refractivity (Wildman–Crippen MR) is 105 cm³/mol. The van der Waals surface area contributed by atoms with Crippen molar-refractivity contribution in [2.75, 3.05) is 7.11 Å². The molecule has 0 unspecified atom stereocenters. The Kier molecular flexibility index (Phi) is 4.61. The highest BCUT2D eigenvalue weighted by Gasteiger charge is 2.04. The van der Waals surface area contributed by atoms with Crippen LogP contribution < -0.4 is 9.47 Å². The summed E-state index contributed by atoms with van der Waals surface area (Å²) in [6, 6.07) is 26.8. The van der Waals surface area contributed by atoms with Crippen molar-refractivity contribution >= 4 is 10.9 Å². The maximum Gasteiger partial charge on any atom is 0.119 e. The zero-order chi connectivity index (χ0) is 17.8. The summed E-state index contributed by atoms with van der Waals surface area (Å²) in [7, 11) is 1.69. The first-order chi connectivity index (χ1) is 12.8. The second-order valence-electron chi connectivity index (χ2n) is 6.29. The zero-order valence-corrected chi connectivity index (χ0v) is 14.8. The van der Waals surface area contributed by atoms with Gasteiger partial charge in [0.1, 0.15) is 18.1 Å². The van der Waals surface area contributed by atoms with Gasteiger partial charge in [-0.15, -0.1) is 0 Å². The molecular weight excluding hydrogens is 322 g/mol. The highest BCUT2D eigenvalue weighted by atomic mass is 16.5. The highest BCUT2D eigenvalue weighted by molar-refractivity contribution is 5.81. The molecule has 0 fully saturated rings. The molecule has 0 spiro atoms. The topological polar surface area (TPSA) is 23.4 Å². The van der Waals surface area contributed by atoms with Gasteiger partial charge in [-0.25, -0.2) is 0 Å². The van der Waals surface area contributed by atoms with Crippen molar-refractivity contribution in [2.24, 2.45) is 0 Å². The SMILES string of the molecule is COc1ccc2c(ccn2Cc2ccc(OCc3ccccc3)cc2)c1. The lowest BCUT2D eigenvalue weighted by atomic mass is 10.2. The van der Waals surface area contributed by atoms with Crippen LogP contribution in [0.2, 0.25) is 0 Å². The van der Waals surface area contributed by atoms with E-state index in [9.17, 15) is 0 Å². The maximum atomic E-state index is 5.86. The van der Waals surface area contributed by atoms with Crippen LogP contribution in [0.25, 0.3) is 10.9 Å². The summed E-state index contributed by atoms with van der Waals surface area (Å²) < 4.78 is 13.4. The highest BCUT2D eigenvalue weighted by Crippen LogP contribution is 2.23. The molecule has 3 heteroatoms. The predicted octanol–water partition coefficient (Wildman–Crippen LogP) is 5.28. The monoisotopic (exact) mass is 343 g/mol. The van der Waals surface area contributed by atoms with Crippen molar-refractivity contribution in [3.8, 4) is 11.5 Å². The van der Waals surface area contributed by atoms with Crippen LogP contribution >= 0.6 is 0 Å². The van der Waals surface area contributed by atoms with Crippen LogP contribution in [0, 0.1) is 0 Å². The van der Waals surface area contributed by atoms with Gasteiger partial charge in [-0.1, -0.05) is 42.5 Å². The van der Waals surface area contributed by atoms with E-state index in [-0.39, 0.29) is 0 Å². The molecule has 3 aromatic carbocycles. The lowest BCUT2D eigenvalue weighted by Gasteiger charge is -2.09. The van der Waals surface area contributed by atoms with Gasteiger partial charge in [0.05, 0.1) is 7.11 Å². The van der Waals surface area contributed by atoms with Crippen molar-refractivity contribution in [1.29, 1.82) is 0 Å². The number of benzene rings is 3. The lowest BCUT2D eigenvalue weighted by Crippen LogP contribution is -1.99. The van der Waals surface area contributed by atoms with Crippen LogP contribution in [0.1, 0.15) is 11.1 Å². The fraction of sp³-hybridized carbons (Fsp3) is 0.130. The fourth-order valence-corrected chi connectivity index (χ4v) is 3.07. The van der Waals surface area contributed by atoms with Gasteiger partial charge in [-0.05, 0) is 47.5 Å². The van der Waals surface area contributed by atoms with Gasteiger partial charge in [0, 0.05) is 23.6 Å². The van der Waals surface area contributed by atoms with Gasteiger partial charge >= 0.3 is 0 Å². The smallest absolute Gasteiger partial charge is 0.119 e. The molecule has 0 saturated heterocycles. The molecule has 0 aliphatic heterocycles. The molecule has 130 valence electrons. The molecular formula is C23H21NO2. The first-order valence-electron chi connectivity index (χ1n) is 8.70. The minimum atomic E-state index is 0.588. The Morgan fingerprint density at radius 3 is 2.31 bits per heavy atom. The van der Waals surface area contributed by atoms with Crippen LogP contribution in [0.3, 0.4) is 0 Å². The van der Waals surface area contributed by atoms with Crippen LogP contribution in [-0.2, 0) is 13.2 Å². The average molecular weight is 343 g/mol. The molecule has 0 saturated carbocycles. The normalized spacial score (nSPS) is 10.8. The van der Waals surface area contributed by atoms with E-state index in [1.807, 2.05) is 36.4 Å². The summed E-state index contributed by atoms with van der Waals surface area (Å²) in [5.74, 6) is 1.77. The Morgan fingerprint density at radius 2 is 1.54 bits per heavy atom. The summed E-state index contributed by atoms with van der Waals surface area (Å²) in [6.45, 7) is 1.42. The molecule has 1 aromatic heterocycles. The van der Waals surface area contributed by atoms with Crippen molar-refractivity contribution < 1.29 is 9.47 Å². The van der Waals surface area contributed by atoms with Gasteiger partial charge < -0.3 is 14.0 Å².